The van der Waals surface area contributed by atoms with Crippen LogP contribution < -0.4 is 10.6 Å². The van der Waals surface area contributed by atoms with Crippen LogP contribution in [0.1, 0.15) is 43.0 Å². The smallest absolute Gasteiger partial charge is 0.339 e. The zero-order valence-corrected chi connectivity index (χ0v) is 12.8. The van der Waals surface area contributed by atoms with E-state index in [1.54, 1.807) is 24.3 Å². The number of rotatable bonds is 9. The van der Waals surface area contributed by atoms with Gasteiger partial charge in [0.1, 0.15) is 0 Å². The first-order valence-corrected chi connectivity index (χ1v) is 7.37. The Balaban J connectivity index is 2.39. The van der Waals surface area contributed by atoms with Crippen molar-refractivity contribution in [3.8, 4) is 0 Å². The highest BCUT2D eigenvalue weighted by molar-refractivity contribution is 6.01. The molecule has 0 saturated heterocycles. The van der Waals surface area contributed by atoms with E-state index < -0.39 is 5.97 Å². The molecule has 116 valence electrons. The first-order valence-electron chi connectivity index (χ1n) is 7.37. The number of hydrogen-bond acceptors (Lipinski definition) is 4. The zero-order chi connectivity index (χ0) is 15.5. The number of carbonyl (C=O) groups is 2. The maximum atomic E-state index is 11.9. The van der Waals surface area contributed by atoms with Crippen molar-refractivity contribution in [2.45, 2.75) is 32.6 Å². The summed E-state index contributed by atoms with van der Waals surface area (Å²) in [6, 6.07) is 6.82. The molecule has 0 fully saturated rings. The minimum absolute atomic E-state index is 0.116. The fourth-order valence-electron chi connectivity index (χ4n) is 1.92. The quantitative estimate of drug-likeness (QED) is 0.542. The molecule has 2 N–H and O–H groups in total. The van der Waals surface area contributed by atoms with E-state index in [1.807, 2.05) is 0 Å². The molecule has 0 aliphatic heterocycles. The molecule has 5 nitrogen and oxygen atoms in total. The third kappa shape index (κ3) is 6.40. The van der Waals surface area contributed by atoms with Crippen LogP contribution in [-0.4, -0.2) is 32.1 Å². The van der Waals surface area contributed by atoms with E-state index in [-0.39, 0.29) is 5.91 Å². The Morgan fingerprint density at radius 3 is 2.62 bits per heavy atom. The molecule has 0 saturated carbocycles. The topological polar surface area (TPSA) is 67.4 Å². The summed E-state index contributed by atoms with van der Waals surface area (Å²) >= 11 is 0. The molecule has 0 unspecified atom stereocenters. The summed E-state index contributed by atoms with van der Waals surface area (Å²) in [4.78, 5) is 23.5. The Morgan fingerprint density at radius 2 is 1.90 bits per heavy atom. The molecular formula is C16H24N2O3. The molecule has 1 rings (SSSR count). The summed E-state index contributed by atoms with van der Waals surface area (Å²) in [5.41, 5.74) is 0.851. The van der Waals surface area contributed by atoms with E-state index in [9.17, 15) is 9.59 Å². The second kappa shape index (κ2) is 9.94. The lowest BCUT2D eigenvalue weighted by atomic mass is 10.1. The summed E-state index contributed by atoms with van der Waals surface area (Å²) in [5.74, 6) is -0.571. The summed E-state index contributed by atoms with van der Waals surface area (Å²) in [5, 5.41) is 5.98. The summed E-state index contributed by atoms with van der Waals surface area (Å²) in [7, 11) is 1.32. The molecule has 0 aliphatic carbocycles. The zero-order valence-electron chi connectivity index (χ0n) is 12.8. The van der Waals surface area contributed by atoms with Crippen LogP contribution in [0.2, 0.25) is 0 Å². The summed E-state index contributed by atoms with van der Waals surface area (Å²) in [6.45, 7) is 3.72. The number of benzene rings is 1. The van der Waals surface area contributed by atoms with Gasteiger partial charge in [-0.3, -0.25) is 4.79 Å². The first kappa shape index (κ1) is 17.2. The highest BCUT2D eigenvalue weighted by Gasteiger charge is 2.12. The van der Waals surface area contributed by atoms with Gasteiger partial charge < -0.3 is 15.4 Å². The molecule has 0 aromatic heterocycles. The number of anilines is 1. The van der Waals surface area contributed by atoms with E-state index in [1.165, 1.54) is 20.0 Å². The van der Waals surface area contributed by atoms with Crippen molar-refractivity contribution in [1.82, 2.24) is 5.32 Å². The standard InChI is InChI=1S/C16H24N2O3/c1-3-4-7-11-17-12-10-15(19)18-14-9-6-5-8-13(14)16(20)21-2/h5-6,8-9,17H,3-4,7,10-12H2,1-2H3,(H,18,19). The molecular weight excluding hydrogens is 268 g/mol. The van der Waals surface area contributed by atoms with E-state index in [4.69, 9.17) is 4.74 Å². The average Bonchev–Trinajstić information content (AvgIpc) is 2.50. The van der Waals surface area contributed by atoms with Gasteiger partial charge in [-0.15, -0.1) is 0 Å². The molecule has 5 heteroatoms. The highest BCUT2D eigenvalue weighted by Crippen LogP contribution is 2.16. The van der Waals surface area contributed by atoms with Crippen LogP contribution in [-0.2, 0) is 9.53 Å². The summed E-state index contributed by atoms with van der Waals surface area (Å²) < 4.78 is 4.69. The van der Waals surface area contributed by atoms with Crippen LogP contribution in [0.5, 0.6) is 0 Å². The number of ether oxygens (including phenoxy) is 1. The van der Waals surface area contributed by atoms with Crippen molar-refractivity contribution in [1.29, 1.82) is 0 Å². The fourth-order valence-corrected chi connectivity index (χ4v) is 1.92. The second-order valence-corrected chi connectivity index (χ2v) is 4.79. The highest BCUT2D eigenvalue weighted by atomic mass is 16.5. The lowest BCUT2D eigenvalue weighted by Crippen LogP contribution is -2.23. The van der Waals surface area contributed by atoms with Crippen LogP contribution in [0, 0.1) is 0 Å². The summed E-state index contributed by atoms with van der Waals surface area (Å²) in [6.07, 6.45) is 3.89. The Hall–Kier alpha value is -1.88. The predicted molar refractivity (Wildman–Crippen MR) is 83.4 cm³/mol. The van der Waals surface area contributed by atoms with Crippen molar-refractivity contribution in [2.24, 2.45) is 0 Å². The average molecular weight is 292 g/mol. The van der Waals surface area contributed by atoms with Gasteiger partial charge in [-0.1, -0.05) is 31.9 Å². The van der Waals surface area contributed by atoms with Gasteiger partial charge in [0.2, 0.25) is 5.91 Å². The Labute approximate surface area is 126 Å². The van der Waals surface area contributed by atoms with Gasteiger partial charge in [-0.05, 0) is 25.1 Å². The van der Waals surface area contributed by atoms with Gasteiger partial charge in [0.25, 0.3) is 0 Å². The lowest BCUT2D eigenvalue weighted by molar-refractivity contribution is -0.116. The predicted octanol–water partition coefficient (Wildman–Crippen LogP) is 2.58. The van der Waals surface area contributed by atoms with Crippen LogP contribution in [0.3, 0.4) is 0 Å². The van der Waals surface area contributed by atoms with Crippen molar-refractivity contribution in [2.75, 3.05) is 25.5 Å². The maximum Gasteiger partial charge on any atom is 0.339 e. The van der Waals surface area contributed by atoms with E-state index in [0.717, 1.165) is 13.0 Å². The molecule has 0 heterocycles. The van der Waals surface area contributed by atoms with Gasteiger partial charge in [0.05, 0.1) is 18.4 Å². The van der Waals surface area contributed by atoms with E-state index in [0.29, 0.717) is 24.2 Å². The maximum absolute atomic E-state index is 11.9. The SMILES string of the molecule is CCCCCNCCC(=O)Nc1ccccc1C(=O)OC. The largest absolute Gasteiger partial charge is 0.465 e. The molecule has 21 heavy (non-hydrogen) atoms. The molecule has 0 radical (unpaired) electrons. The number of unbranched alkanes of at least 4 members (excludes halogenated alkanes) is 2. The van der Waals surface area contributed by atoms with Crippen LogP contribution in [0.15, 0.2) is 24.3 Å². The monoisotopic (exact) mass is 292 g/mol. The molecule has 1 amide bonds. The van der Waals surface area contributed by atoms with Gasteiger partial charge in [0.15, 0.2) is 0 Å². The number of hydrogen-bond donors (Lipinski definition) is 2. The normalized spacial score (nSPS) is 10.2. The van der Waals surface area contributed by atoms with Crippen LogP contribution in [0.25, 0.3) is 0 Å². The minimum atomic E-state index is -0.455. The third-order valence-electron chi connectivity index (χ3n) is 3.09. The minimum Gasteiger partial charge on any atom is -0.465 e. The molecule has 1 aromatic carbocycles. The fraction of sp³-hybridized carbons (Fsp3) is 0.500. The Bertz CT molecular complexity index is 461. The van der Waals surface area contributed by atoms with Crippen molar-refractivity contribution in [3.05, 3.63) is 29.8 Å². The van der Waals surface area contributed by atoms with Crippen molar-refractivity contribution in [3.63, 3.8) is 0 Å². The van der Waals surface area contributed by atoms with Crippen molar-refractivity contribution >= 4 is 17.6 Å². The van der Waals surface area contributed by atoms with Gasteiger partial charge in [-0.25, -0.2) is 4.79 Å². The molecule has 0 bridgehead atoms. The van der Waals surface area contributed by atoms with Gasteiger partial charge >= 0.3 is 5.97 Å². The number of carbonyl (C=O) groups excluding carboxylic acids is 2. The molecule has 0 spiro atoms. The number of para-hydroxylation sites is 1. The number of esters is 1. The lowest BCUT2D eigenvalue weighted by Gasteiger charge is -2.10. The van der Waals surface area contributed by atoms with E-state index >= 15 is 0 Å². The third-order valence-corrected chi connectivity index (χ3v) is 3.09. The van der Waals surface area contributed by atoms with Gasteiger partial charge in [0, 0.05) is 13.0 Å². The Kier molecular flexibility index (Phi) is 8.12. The number of amides is 1. The molecule has 0 aliphatic rings. The molecule has 0 atom stereocenters. The first-order chi connectivity index (χ1) is 10.2. The van der Waals surface area contributed by atoms with Gasteiger partial charge in [-0.2, -0.15) is 0 Å². The Morgan fingerprint density at radius 1 is 1.14 bits per heavy atom. The van der Waals surface area contributed by atoms with E-state index in [2.05, 4.69) is 17.6 Å². The molecule has 1 aromatic rings. The van der Waals surface area contributed by atoms with Crippen molar-refractivity contribution < 1.29 is 14.3 Å². The van der Waals surface area contributed by atoms with Crippen LogP contribution >= 0.6 is 0 Å². The number of methoxy groups -OCH3 is 1. The van der Waals surface area contributed by atoms with Crippen LogP contribution in [0.4, 0.5) is 5.69 Å². The second-order valence-electron chi connectivity index (χ2n) is 4.79. The number of nitrogens with one attached hydrogen (secondary N) is 2.